The van der Waals surface area contributed by atoms with Gasteiger partial charge in [0.05, 0.1) is 34.7 Å². The fourth-order valence-corrected chi connectivity index (χ4v) is 6.34. The Morgan fingerprint density at radius 1 is 0.949 bits per heavy atom. The van der Waals surface area contributed by atoms with Crippen LogP contribution in [0.25, 0.3) is 10.1 Å². The summed E-state index contributed by atoms with van der Waals surface area (Å²) in [6, 6.07) is 19.9. The highest BCUT2D eigenvalue weighted by molar-refractivity contribution is 7.92. The van der Waals surface area contributed by atoms with Crippen molar-refractivity contribution in [2.24, 2.45) is 0 Å². The molecule has 0 radical (unpaired) electrons. The van der Waals surface area contributed by atoms with Gasteiger partial charge in [-0.3, -0.25) is 9.10 Å². The van der Waals surface area contributed by atoms with Crippen LogP contribution in [0.3, 0.4) is 0 Å². The third kappa shape index (κ3) is 6.40. The molecule has 1 N–H and O–H groups in total. The van der Waals surface area contributed by atoms with E-state index in [1.807, 2.05) is 13.0 Å². The Morgan fingerprint density at radius 3 is 2.31 bits per heavy atom. The van der Waals surface area contributed by atoms with Crippen molar-refractivity contribution in [1.29, 1.82) is 0 Å². The Morgan fingerprint density at radius 2 is 1.67 bits per heavy atom. The molecule has 204 valence electrons. The maximum atomic E-state index is 13.3. The van der Waals surface area contributed by atoms with E-state index in [2.05, 4.69) is 5.32 Å². The highest BCUT2D eigenvalue weighted by atomic mass is 32.2. The first-order chi connectivity index (χ1) is 18.8. The summed E-state index contributed by atoms with van der Waals surface area (Å²) in [6.07, 6.45) is 1.75. The van der Waals surface area contributed by atoms with Crippen molar-refractivity contribution in [3.63, 3.8) is 0 Å². The first kappa shape index (κ1) is 28.1. The SMILES string of the molecule is CCCCOC(=O)c1ccc(NC(=O)c2cc3cc(N(CC)S(=O)(=O)c4ccc(OC)cc4)ccc3s2)cc1. The lowest BCUT2D eigenvalue weighted by atomic mass is 10.2. The van der Waals surface area contributed by atoms with Crippen LogP contribution >= 0.6 is 11.3 Å². The van der Waals surface area contributed by atoms with Gasteiger partial charge in [-0.1, -0.05) is 13.3 Å². The molecule has 0 aliphatic carbocycles. The third-order valence-corrected chi connectivity index (χ3v) is 9.09. The van der Waals surface area contributed by atoms with E-state index in [1.165, 1.54) is 34.9 Å². The van der Waals surface area contributed by atoms with Crippen LogP contribution in [-0.4, -0.2) is 40.6 Å². The zero-order chi connectivity index (χ0) is 28.0. The number of hydrogen-bond donors (Lipinski definition) is 1. The van der Waals surface area contributed by atoms with Crippen molar-refractivity contribution >= 4 is 54.7 Å². The normalized spacial score (nSPS) is 11.3. The fraction of sp³-hybridized carbons (Fsp3) is 0.241. The standard InChI is InChI=1S/C29H30N2O6S2/c1-4-6-17-37-29(33)20-7-9-22(10-8-20)30-28(32)27-19-21-18-23(11-16-26(21)38-27)31(5-2)39(34,35)25-14-12-24(36-3)13-15-25/h7-16,18-19H,4-6,17H2,1-3H3,(H,30,32). The van der Waals surface area contributed by atoms with Gasteiger partial charge in [-0.15, -0.1) is 11.3 Å². The summed E-state index contributed by atoms with van der Waals surface area (Å²) in [6.45, 7) is 4.41. The minimum atomic E-state index is -3.80. The molecule has 1 aromatic heterocycles. The van der Waals surface area contributed by atoms with Gasteiger partial charge in [0.1, 0.15) is 5.75 Å². The molecule has 0 fully saturated rings. The van der Waals surface area contributed by atoms with Crippen molar-refractivity contribution in [1.82, 2.24) is 0 Å². The summed E-state index contributed by atoms with van der Waals surface area (Å²) >= 11 is 1.31. The quantitative estimate of drug-likeness (QED) is 0.168. The topological polar surface area (TPSA) is 102 Å². The highest BCUT2D eigenvalue weighted by Crippen LogP contribution is 2.32. The molecule has 39 heavy (non-hydrogen) atoms. The second-order valence-corrected chi connectivity index (χ2v) is 11.6. The van der Waals surface area contributed by atoms with Gasteiger partial charge in [-0.2, -0.15) is 0 Å². The van der Waals surface area contributed by atoms with Gasteiger partial charge in [-0.25, -0.2) is 13.2 Å². The number of unbranched alkanes of at least 4 members (excludes halogenated alkanes) is 1. The summed E-state index contributed by atoms with van der Waals surface area (Å²) in [5.41, 5.74) is 1.47. The van der Waals surface area contributed by atoms with E-state index in [9.17, 15) is 18.0 Å². The number of ether oxygens (including phenoxy) is 2. The monoisotopic (exact) mass is 566 g/mol. The van der Waals surface area contributed by atoms with E-state index in [4.69, 9.17) is 9.47 Å². The molecule has 0 saturated heterocycles. The number of methoxy groups -OCH3 is 1. The maximum Gasteiger partial charge on any atom is 0.338 e. The molecule has 4 aromatic rings. The lowest BCUT2D eigenvalue weighted by molar-refractivity contribution is 0.0499. The number of nitrogens with zero attached hydrogens (tertiary/aromatic N) is 1. The van der Waals surface area contributed by atoms with Gasteiger partial charge in [0.2, 0.25) is 0 Å². The number of benzene rings is 3. The van der Waals surface area contributed by atoms with Crippen molar-refractivity contribution in [2.75, 3.05) is 29.9 Å². The second kappa shape index (κ2) is 12.3. The van der Waals surface area contributed by atoms with E-state index in [-0.39, 0.29) is 17.3 Å². The van der Waals surface area contributed by atoms with Gasteiger partial charge in [0.15, 0.2) is 0 Å². The predicted octanol–water partition coefficient (Wildman–Crippen LogP) is 6.33. The zero-order valence-corrected chi connectivity index (χ0v) is 23.6. The van der Waals surface area contributed by atoms with Gasteiger partial charge >= 0.3 is 5.97 Å². The van der Waals surface area contributed by atoms with Crippen LogP contribution in [-0.2, 0) is 14.8 Å². The number of sulfonamides is 1. The minimum Gasteiger partial charge on any atom is -0.497 e. The highest BCUT2D eigenvalue weighted by Gasteiger charge is 2.24. The van der Waals surface area contributed by atoms with E-state index in [1.54, 1.807) is 61.5 Å². The molecule has 0 bridgehead atoms. The lowest BCUT2D eigenvalue weighted by Gasteiger charge is -2.23. The summed E-state index contributed by atoms with van der Waals surface area (Å²) in [5, 5.41) is 3.60. The van der Waals surface area contributed by atoms with Crippen molar-refractivity contribution in [3.8, 4) is 5.75 Å². The molecule has 0 atom stereocenters. The lowest BCUT2D eigenvalue weighted by Crippen LogP contribution is -2.30. The number of nitrogens with one attached hydrogen (secondary N) is 1. The molecule has 1 amide bonds. The number of hydrogen-bond acceptors (Lipinski definition) is 7. The summed E-state index contributed by atoms with van der Waals surface area (Å²) in [5.74, 6) is -0.116. The number of amides is 1. The molecular weight excluding hydrogens is 536 g/mol. The van der Waals surface area contributed by atoms with Crippen LogP contribution in [0, 0.1) is 0 Å². The Hall–Kier alpha value is -3.89. The smallest absolute Gasteiger partial charge is 0.338 e. The van der Waals surface area contributed by atoms with E-state index in [0.29, 0.717) is 34.2 Å². The first-order valence-electron chi connectivity index (χ1n) is 12.6. The molecule has 10 heteroatoms. The van der Waals surface area contributed by atoms with E-state index >= 15 is 0 Å². The van der Waals surface area contributed by atoms with Crippen molar-refractivity contribution in [3.05, 3.63) is 83.2 Å². The Kier molecular flexibility index (Phi) is 8.88. The first-order valence-corrected chi connectivity index (χ1v) is 14.8. The summed E-state index contributed by atoms with van der Waals surface area (Å²) in [7, 11) is -2.27. The van der Waals surface area contributed by atoms with Gasteiger partial charge in [0.25, 0.3) is 15.9 Å². The molecule has 1 heterocycles. The van der Waals surface area contributed by atoms with Crippen molar-refractivity contribution in [2.45, 2.75) is 31.6 Å². The Labute approximate surface area is 232 Å². The van der Waals surface area contributed by atoms with E-state index < -0.39 is 16.0 Å². The van der Waals surface area contributed by atoms with Crippen LogP contribution in [0.1, 0.15) is 46.7 Å². The summed E-state index contributed by atoms with van der Waals surface area (Å²) < 4.78 is 39.2. The Bertz CT molecular complexity index is 1560. The number of carbonyl (C=O) groups is 2. The number of thiophene rings is 1. The number of carbonyl (C=O) groups excluding carboxylic acids is 2. The molecule has 0 unspecified atom stereocenters. The largest absolute Gasteiger partial charge is 0.497 e. The minimum absolute atomic E-state index is 0.163. The average molecular weight is 567 g/mol. The summed E-state index contributed by atoms with van der Waals surface area (Å²) in [4.78, 5) is 25.7. The van der Waals surface area contributed by atoms with Gasteiger partial charge < -0.3 is 14.8 Å². The van der Waals surface area contributed by atoms with Crippen LogP contribution in [0.4, 0.5) is 11.4 Å². The van der Waals surface area contributed by atoms with Crippen LogP contribution in [0.2, 0.25) is 0 Å². The van der Waals surface area contributed by atoms with Gasteiger partial charge in [0, 0.05) is 16.9 Å². The molecule has 0 saturated carbocycles. The molecule has 4 rings (SSSR count). The molecule has 0 aliphatic rings. The van der Waals surface area contributed by atoms with E-state index in [0.717, 1.165) is 22.9 Å². The molecule has 0 aliphatic heterocycles. The third-order valence-electron chi connectivity index (χ3n) is 6.06. The second-order valence-electron chi connectivity index (χ2n) is 8.70. The molecule has 3 aromatic carbocycles. The number of esters is 1. The van der Waals surface area contributed by atoms with Crippen LogP contribution < -0.4 is 14.4 Å². The predicted molar refractivity (Wildman–Crippen MR) is 155 cm³/mol. The maximum absolute atomic E-state index is 13.3. The number of anilines is 2. The fourth-order valence-electron chi connectivity index (χ4n) is 3.94. The van der Waals surface area contributed by atoms with Crippen LogP contribution in [0.5, 0.6) is 5.75 Å². The van der Waals surface area contributed by atoms with Gasteiger partial charge in [-0.05, 0) is 91.5 Å². The van der Waals surface area contributed by atoms with Crippen LogP contribution in [0.15, 0.2) is 77.7 Å². The Balaban J connectivity index is 1.50. The average Bonchev–Trinajstić information content (AvgIpc) is 3.38. The molecule has 0 spiro atoms. The number of rotatable bonds is 11. The number of fused-ring (bicyclic) bond motifs is 1. The van der Waals surface area contributed by atoms with Crippen molar-refractivity contribution < 1.29 is 27.5 Å². The molecular formula is C29H30N2O6S2. The zero-order valence-electron chi connectivity index (χ0n) is 22.0. The molecule has 8 nitrogen and oxygen atoms in total.